The van der Waals surface area contributed by atoms with Gasteiger partial charge < -0.3 is 19.4 Å². The van der Waals surface area contributed by atoms with E-state index in [1.165, 1.54) is 33.5 Å². The van der Waals surface area contributed by atoms with Crippen molar-refractivity contribution in [3.63, 3.8) is 0 Å². The number of thiophene rings is 1. The van der Waals surface area contributed by atoms with Crippen LogP contribution in [0.3, 0.4) is 0 Å². The Kier molecular flexibility index (Phi) is 9.38. The summed E-state index contributed by atoms with van der Waals surface area (Å²) in [5, 5.41) is 12.8. The Hall–Kier alpha value is -2.85. The summed E-state index contributed by atoms with van der Waals surface area (Å²) in [6, 6.07) is 8.11. The number of hydrogen-bond donors (Lipinski definition) is 1. The number of fused-ring (bicyclic) bond motifs is 1. The fourth-order valence-electron chi connectivity index (χ4n) is 4.64. The molecule has 1 aliphatic carbocycles. The Bertz CT molecular complexity index is 1310. The first-order valence-electron chi connectivity index (χ1n) is 13.5. The van der Waals surface area contributed by atoms with Crippen LogP contribution in [0.1, 0.15) is 92.2 Å². The molecule has 0 radical (unpaired) electrons. The van der Waals surface area contributed by atoms with E-state index < -0.39 is 0 Å². The van der Waals surface area contributed by atoms with Gasteiger partial charge in [0, 0.05) is 11.9 Å². The molecule has 1 amide bonds. The molecular formula is C29H38N4O4S2. The van der Waals surface area contributed by atoms with Gasteiger partial charge in [-0.1, -0.05) is 51.1 Å². The maximum Gasteiger partial charge on any atom is 0.341 e. The van der Waals surface area contributed by atoms with Crippen molar-refractivity contribution in [2.75, 3.05) is 17.7 Å². The Labute approximate surface area is 238 Å². The number of nitrogens with one attached hydrogen (secondary N) is 1. The van der Waals surface area contributed by atoms with Gasteiger partial charge in [0.1, 0.15) is 10.8 Å². The number of aryl methyl sites for hydroxylation is 1. The standard InChI is InChI=1S/C29H38N4O4S2/c1-7-36-27(35)24-21-11-9-8-10-12-22(21)39-26(24)30-23(34)17-38-28-32-31-25(33(28)6)18(2)37-20-15-13-19(14-16-20)29(3,4)5/h13-16,18H,7-12,17H2,1-6H3,(H,30,34). The summed E-state index contributed by atoms with van der Waals surface area (Å²) >= 11 is 2.80. The molecule has 39 heavy (non-hydrogen) atoms. The number of ether oxygens (including phenoxy) is 2. The van der Waals surface area contributed by atoms with E-state index in [2.05, 4.69) is 48.4 Å². The number of esters is 1. The van der Waals surface area contributed by atoms with E-state index in [1.54, 1.807) is 6.92 Å². The van der Waals surface area contributed by atoms with E-state index in [1.807, 2.05) is 30.7 Å². The van der Waals surface area contributed by atoms with E-state index in [-0.39, 0.29) is 29.1 Å². The van der Waals surface area contributed by atoms with Crippen LogP contribution in [0.2, 0.25) is 0 Å². The molecular weight excluding hydrogens is 532 g/mol. The minimum absolute atomic E-state index is 0.0782. The maximum absolute atomic E-state index is 12.9. The molecule has 0 fully saturated rings. The van der Waals surface area contributed by atoms with Gasteiger partial charge in [-0.3, -0.25) is 4.79 Å². The number of anilines is 1. The monoisotopic (exact) mass is 570 g/mol. The van der Waals surface area contributed by atoms with Crippen LogP contribution in [0.25, 0.3) is 0 Å². The van der Waals surface area contributed by atoms with Gasteiger partial charge in [-0.2, -0.15) is 0 Å². The van der Waals surface area contributed by atoms with Crippen molar-refractivity contribution in [3.8, 4) is 5.75 Å². The van der Waals surface area contributed by atoms with E-state index in [0.29, 0.717) is 28.2 Å². The molecule has 10 heteroatoms. The molecule has 0 bridgehead atoms. The fourth-order valence-corrected chi connectivity index (χ4v) is 6.65. The summed E-state index contributed by atoms with van der Waals surface area (Å²) in [5.41, 5.74) is 2.89. The molecule has 1 aliphatic rings. The van der Waals surface area contributed by atoms with Gasteiger partial charge >= 0.3 is 5.97 Å². The van der Waals surface area contributed by atoms with Gasteiger partial charge in [-0.15, -0.1) is 21.5 Å². The Morgan fingerprint density at radius 2 is 1.85 bits per heavy atom. The number of benzene rings is 1. The van der Waals surface area contributed by atoms with Crippen molar-refractivity contribution in [1.82, 2.24) is 14.8 Å². The molecule has 1 unspecified atom stereocenters. The van der Waals surface area contributed by atoms with Gasteiger partial charge in [0.2, 0.25) is 5.91 Å². The average Bonchev–Trinajstić information content (AvgIpc) is 3.33. The molecule has 0 saturated heterocycles. The molecule has 1 N–H and O–H groups in total. The molecule has 1 atom stereocenters. The van der Waals surface area contributed by atoms with Gasteiger partial charge in [-0.05, 0) is 68.2 Å². The predicted molar refractivity (Wildman–Crippen MR) is 156 cm³/mol. The first-order chi connectivity index (χ1) is 18.6. The molecule has 210 valence electrons. The molecule has 8 nitrogen and oxygen atoms in total. The third-order valence-electron chi connectivity index (χ3n) is 6.75. The Morgan fingerprint density at radius 3 is 2.54 bits per heavy atom. The number of aromatic nitrogens is 3. The molecule has 2 heterocycles. The van der Waals surface area contributed by atoms with Gasteiger partial charge in [0.25, 0.3) is 0 Å². The smallest absolute Gasteiger partial charge is 0.341 e. The number of amides is 1. The van der Waals surface area contributed by atoms with Gasteiger partial charge in [0.05, 0.1) is 17.9 Å². The van der Waals surface area contributed by atoms with Crippen LogP contribution in [0, 0.1) is 0 Å². The summed E-state index contributed by atoms with van der Waals surface area (Å²) in [7, 11) is 1.87. The highest BCUT2D eigenvalue weighted by atomic mass is 32.2. The first-order valence-corrected chi connectivity index (χ1v) is 15.3. The molecule has 0 aliphatic heterocycles. The van der Waals surface area contributed by atoms with Crippen molar-refractivity contribution >= 4 is 40.0 Å². The number of rotatable bonds is 9. The minimum Gasteiger partial charge on any atom is -0.483 e. The molecule has 3 aromatic rings. The van der Waals surface area contributed by atoms with Crippen molar-refractivity contribution in [2.24, 2.45) is 7.05 Å². The SMILES string of the molecule is CCOC(=O)c1c(NC(=O)CSc2nnc(C(C)Oc3ccc(C(C)(C)C)cc3)n2C)sc2c1CCCCC2. The van der Waals surface area contributed by atoms with Crippen molar-refractivity contribution in [1.29, 1.82) is 0 Å². The highest BCUT2D eigenvalue weighted by molar-refractivity contribution is 7.99. The van der Waals surface area contributed by atoms with E-state index >= 15 is 0 Å². The first kappa shape index (κ1) is 29.1. The van der Waals surface area contributed by atoms with Crippen LogP contribution in [-0.4, -0.2) is 39.0 Å². The van der Waals surface area contributed by atoms with E-state index in [0.717, 1.165) is 43.4 Å². The highest BCUT2D eigenvalue weighted by Gasteiger charge is 2.27. The second-order valence-corrected chi connectivity index (χ2v) is 12.8. The zero-order valence-corrected chi connectivity index (χ0v) is 25.3. The normalized spacial score (nSPS) is 14.3. The second-order valence-electron chi connectivity index (χ2n) is 10.8. The fraction of sp³-hybridized carbons (Fsp3) is 0.517. The molecule has 0 spiro atoms. The summed E-state index contributed by atoms with van der Waals surface area (Å²) in [4.78, 5) is 26.9. The maximum atomic E-state index is 12.9. The van der Waals surface area contributed by atoms with E-state index in [9.17, 15) is 9.59 Å². The lowest BCUT2D eigenvalue weighted by atomic mass is 9.87. The number of thioether (sulfide) groups is 1. The summed E-state index contributed by atoms with van der Waals surface area (Å²) in [5.74, 6) is 1.01. The van der Waals surface area contributed by atoms with Crippen LogP contribution < -0.4 is 10.1 Å². The van der Waals surface area contributed by atoms with Crippen LogP contribution in [0.15, 0.2) is 29.4 Å². The van der Waals surface area contributed by atoms with Crippen LogP contribution in [-0.2, 0) is 34.8 Å². The lowest BCUT2D eigenvalue weighted by molar-refractivity contribution is -0.113. The second kappa shape index (κ2) is 12.6. The topological polar surface area (TPSA) is 95.3 Å². The van der Waals surface area contributed by atoms with Crippen LogP contribution >= 0.6 is 23.1 Å². The molecule has 4 rings (SSSR count). The molecule has 2 aromatic heterocycles. The quantitative estimate of drug-likeness (QED) is 0.178. The minimum atomic E-state index is -0.361. The number of hydrogen-bond acceptors (Lipinski definition) is 8. The predicted octanol–water partition coefficient (Wildman–Crippen LogP) is 6.49. The summed E-state index contributed by atoms with van der Waals surface area (Å²) in [6.45, 7) is 10.6. The van der Waals surface area contributed by atoms with Gasteiger partial charge in [-0.25, -0.2) is 4.79 Å². The average molecular weight is 571 g/mol. The third kappa shape index (κ3) is 7.03. The van der Waals surface area contributed by atoms with Crippen molar-refractivity contribution in [2.45, 2.75) is 83.4 Å². The van der Waals surface area contributed by atoms with Crippen molar-refractivity contribution in [3.05, 3.63) is 51.7 Å². The van der Waals surface area contributed by atoms with Crippen molar-refractivity contribution < 1.29 is 19.1 Å². The summed E-state index contributed by atoms with van der Waals surface area (Å²) in [6.07, 6.45) is 4.73. The van der Waals surface area contributed by atoms with Crippen LogP contribution in [0.5, 0.6) is 5.75 Å². The summed E-state index contributed by atoms with van der Waals surface area (Å²) < 4.78 is 13.3. The lowest BCUT2D eigenvalue weighted by Crippen LogP contribution is -2.17. The number of nitrogens with zero attached hydrogens (tertiary/aromatic N) is 3. The third-order valence-corrected chi connectivity index (χ3v) is 8.98. The largest absolute Gasteiger partial charge is 0.483 e. The molecule has 0 saturated carbocycles. The zero-order chi connectivity index (χ0) is 28.2. The molecule has 1 aromatic carbocycles. The van der Waals surface area contributed by atoms with Gasteiger partial charge in [0.15, 0.2) is 17.1 Å². The van der Waals surface area contributed by atoms with Crippen LogP contribution in [0.4, 0.5) is 5.00 Å². The Morgan fingerprint density at radius 1 is 1.13 bits per heavy atom. The van der Waals surface area contributed by atoms with E-state index in [4.69, 9.17) is 9.47 Å². The number of carbonyl (C=O) groups excluding carboxylic acids is 2. The lowest BCUT2D eigenvalue weighted by Gasteiger charge is -2.20. The Balaban J connectivity index is 1.39. The highest BCUT2D eigenvalue weighted by Crippen LogP contribution is 2.38. The number of carbonyl (C=O) groups is 2. The zero-order valence-electron chi connectivity index (χ0n) is 23.6.